The van der Waals surface area contributed by atoms with Gasteiger partial charge in [-0.05, 0) is 30.5 Å². The monoisotopic (exact) mass is 320 g/mol. The van der Waals surface area contributed by atoms with Gasteiger partial charge in [0.2, 0.25) is 0 Å². The van der Waals surface area contributed by atoms with E-state index in [9.17, 15) is 0 Å². The lowest BCUT2D eigenvalue weighted by Crippen LogP contribution is -2.21. The predicted octanol–water partition coefficient (Wildman–Crippen LogP) is 3.71. The van der Waals surface area contributed by atoms with Gasteiger partial charge in [0, 0.05) is 33.3 Å². The van der Waals surface area contributed by atoms with E-state index in [0.29, 0.717) is 12.0 Å². The Bertz CT molecular complexity index is 681. The Hall–Kier alpha value is -1.24. The van der Waals surface area contributed by atoms with Crippen LogP contribution in [-0.2, 0) is 13.0 Å². The van der Waals surface area contributed by atoms with Gasteiger partial charge in [-0.2, -0.15) is 5.10 Å². The molecule has 0 aliphatic heterocycles. The van der Waals surface area contributed by atoms with Crippen LogP contribution in [0.5, 0.6) is 0 Å². The molecule has 1 atom stereocenters. The molecule has 0 bridgehead atoms. The number of likely N-dealkylation sites (N-methyl/N-ethyl adjacent to an activating group) is 1. The molecule has 0 fully saturated rings. The number of hydrogen-bond donors (Lipinski definition) is 1. The molecule has 0 saturated heterocycles. The SMILES string of the molecule is CNC(Cc1ncnn1CC(C)C)c1cc2sccc2s1. The smallest absolute Gasteiger partial charge is 0.138 e. The Morgan fingerprint density at radius 3 is 2.90 bits per heavy atom. The van der Waals surface area contributed by atoms with E-state index in [1.165, 1.54) is 14.3 Å². The van der Waals surface area contributed by atoms with Crippen molar-refractivity contribution >= 4 is 32.1 Å². The molecule has 0 amide bonds. The summed E-state index contributed by atoms with van der Waals surface area (Å²) < 4.78 is 4.78. The molecule has 3 aromatic heterocycles. The predicted molar refractivity (Wildman–Crippen MR) is 90.1 cm³/mol. The maximum Gasteiger partial charge on any atom is 0.138 e. The number of thiophene rings is 2. The van der Waals surface area contributed by atoms with Gasteiger partial charge in [0.1, 0.15) is 12.2 Å². The fraction of sp³-hybridized carbons (Fsp3) is 0.467. The van der Waals surface area contributed by atoms with Crippen LogP contribution in [-0.4, -0.2) is 21.8 Å². The standard InChI is InChI=1S/C15H20N4S2/c1-10(2)8-19-15(17-9-18-19)6-11(16-3)13-7-14-12(21-13)4-5-20-14/h4-5,7,9-11,16H,6,8H2,1-3H3. The van der Waals surface area contributed by atoms with Crippen molar-refractivity contribution in [3.05, 3.63) is 34.5 Å². The summed E-state index contributed by atoms with van der Waals surface area (Å²) in [7, 11) is 2.02. The first kappa shape index (κ1) is 14.7. The quantitative estimate of drug-likeness (QED) is 0.753. The van der Waals surface area contributed by atoms with Gasteiger partial charge in [-0.15, -0.1) is 22.7 Å². The number of rotatable bonds is 6. The van der Waals surface area contributed by atoms with Crippen molar-refractivity contribution in [3.8, 4) is 0 Å². The highest BCUT2D eigenvalue weighted by Crippen LogP contribution is 2.34. The number of nitrogens with one attached hydrogen (secondary N) is 1. The van der Waals surface area contributed by atoms with Crippen LogP contribution in [0.3, 0.4) is 0 Å². The van der Waals surface area contributed by atoms with E-state index in [1.54, 1.807) is 17.7 Å². The zero-order chi connectivity index (χ0) is 14.8. The van der Waals surface area contributed by atoms with Crippen LogP contribution >= 0.6 is 22.7 Å². The summed E-state index contributed by atoms with van der Waals surface area (Å²) in [5.74, 6) is 1.63. The molecule has 0 spiro atoms. The number of hydrogen-bond acceptors (Lipinski definition) is 5. The maximum absolute atomic E-state index is 4.44. The van der Waals surface area contributed by atoms with Crippen molar-refractivity contribution in [3.63, 3.8) is 0 Å². The minimum atomic E-state index is 0.296. The van der Waals surface area contributed by atoms with Crippen molar-refractivity contribution in [1.82, 2.24) is 20.1 Å². The highest BCUT2D eigenvalue weighted by molar-refractivity contribution is 7.26. The highest BCUT2D eigenvalue weighted by Gasteiger charge is 2.17. The molecule has 6 heteroatoms. The van der Waals surface area contributed by atoms with E-state index in [0.717, 1.165) is 18.8 Å². The fourth-order valence-electron chi connectivity index (χ4n) is 2.43. The second kappa shape index (κ2) is 6.25. The molecule has 1 N–H and O–H groups in total. The molecule has 4 nitrogen and oxygen atoms in total. The lowest BCUT2D eigenvalue weighted by molar-refractivity contribution is 0.452. The Labute approximate surface area is 132 Å². The summed E-state index contributed by atoms with van der Waals surface area (Å²) in [4.78, 5) is 5.82. The molecule has 3 aromatic rings. The summed E-state index contributed by atoms with van der Waals surface area (Å²) in [6.07, 6.45) is 2.54. The molecular formula is C15H20N4S2. The summed E-state index contributed by atoms with van der Waals surface area (Å²) in [6, 6.07) is 4.79. The van der Waals surface area contributed by atoms with Gasteiger partial charge in [-0.25, -0.2) is 9.67 Å². The fourth-order valence-corrected chi connectivity index (χ4v) is 4.66. The molecule has 3 heterocycles. The third kappa shape index (κ3) is 3.17. The summed E-state index contributed by atoms with van der Waals surface area (Å²) in [5, 5.41) is 9.93. The lowest BCUT2D eigenvalue weighted by Gasteiger charge is -2.15. The van der Waals surface area contributed by atoms with Gasteiger partial charge in [0.05, 0.1) is 0 Å². The van der Waals surface area contributed by atoms with E-state index in [4.69, 9.17) is 0 Å². The Morgan fingerprint density at radius 1 is 1.33 bits per heavy atom. The van der Waals surface area contributed by atoms with E-state index in [2.05, 4.69) is 46.8 Å². The summed E-state index contributed by atoms with van der Waals surface area (Å²) >= 11 is 3.67. The number of fused-ring (bicyclic) bond motifs is 1. The van der Waals surface area contributed by atoms with Crippen LogP contribution in [0.25, 0.3) is 9.40 Å². The molecule has 0 aromatic carbocycles. The van der Waals surface area contributed by atoms with Gasteiger partial charge in [-0.1, -0.05) is 13.8 Å². The molecule has 21 heavy (non-hydrogen) atoms. The van der Waals surface area contributed by atoms with Crippen LogP contribution in [0.1, 0.15) is 30.6 Å². The minimum absolute atomic E-state index is 0.296. The van der Waals surface area contributed by atoms with Gasteiger partial charge < -0.3 is 5.32 Å². The van der Waals surface area contributed by atoms with E-state index < -0.39 is 0 Å². The van der Waals surface area contributed by atoms with Gasteiger partial charge in [-0.3, -0.25) is 0 Å². The lowest BCUT2D eigenvalue weighted by atomic mass is 10.1. The first-order valence-electron chi connectivity index (χ1n) is 7.18. The van der Waals surface area contributed by atoms with Crippen molar-refractivity contribution in [2.45, 2.75) is 32.9 Å². The Balaban J connectivity index is 1.81. The number of aromatic nitrogens is 3. The summed E-state index contributed by atoms with van der Waals surface area (Å²) in [6.45, 7) is 5.33. The van der Waals surface area contributed by atoms with Crippen molar-refractivity contribution in [1.29, 1.82) is 0 Å². The normalized spacial score (nSPS) is 13.3. The number of nitrogens with zero attached hydrogens (tertiary/aromatic N) is 3. The minimum Gasteiger partial charge on any atom is -0.312 e. The van der Waals surface area contributed by atoms with Crippen LogP contribution in [0.4, 0.5) is 0 Å². The highest BCUT2D eigenvalue weighted by atomic mass is 32.1. The topological polar surface area (TPSA) is 42.7 Å². The second-order valence-electron chi connectivity index (χ2n) is 5.60. The van der Waals surface area contributed by atoms with Crippen molar-refractivity contribution in [2.24, 2.45) is 5.92 Å². The summed E-state index contributed by atoms with van der Waals surface area (Å²) in [5.41, 5.74) is 0. The molecule has 1 unspecified atom stereocenters. The van der Waals surface area contributed by atoms with Gasteiger partial charge in [0.25, 0.3) is 0 Å². The third-order valence-corrected chi connectivity index (χ3v) is 5.68. The van der Waals surface area contributed by atoms with Gasteiger partial charge in [0.15, 0.2) is 0 Å². The first-order valence-corrected chi connectivity index (χ1v) is 8.88. The van der Waals surface area contributed by atoms with E-state index >= 15 is 0 Å². The maximum atomic E-state index is 4.44. The zero-order valence-corrected chi connectivity index (χ0v) is 14.2. The molecular weight excluding hydrogens is 300 g/mol. The third-order valence-electron chi connectivity index (χ3n) is 3.47. The molecule has 112 valence electrons. The average molecular weight is 320 g/mol. The van der Waals surface area contributed by atoms with Crippen LogP contribution in [0, 0.1) is 5.92 Å². The molecule has 0 aliphatic rings. The second-order valence-corrected chi connectivity index (χ2v) is 7.66. The molecule has 0 aliphatic carbocycles. The van der Waals surface area contributed by atoms with E-state index in [1.807, 2.05) is 23.1 Å². The average Bonchev–Trinajstić information content (AvgIpc) is 3.10. The molecule has 3 rings (SSSR count). The van der Waals surface area contributed by atoms with Crippen molar-refractivity contribution < 1.29 is 0 Å². The molecule has 0 saturated carbocycles. The van der Waals surface area contributed by atoms with Crippen molar-refractivity contribution in [2.75, 3.05) is 7.05 Å². The van der Waals surface area contributed by atoms with Crippen LogP contribution < -0.4 is 5.32 Å². The van der Waals surface area contributed by atoms with Crippen LogP contribution in [0.15, 0.2) is 23.8 Å². The zero-order valence-electron chi connectivity index (χ0n) is 12.5. The molecule has 0 radical (unpaired) electrons. The van der Waals surface area contributed by atoms with Gasteiger partial charge >= 0.3 is 0 Å². The Kier molecular flexibility index (Phi) is 4.37. The van der Waals surface area contributed by atoms with E-state index in [-0.39, 0.29) is 0 Å². The first-order chi connectivity index (χ1) is 10.2. The largest absolute Gasteiger partial charge is 0.312 e. The Morgan fingerprint density at radius 2 is 2.19 bits per heavy atom. The van der Waals surface area contributed by atoms with Crippen LogP contribution in [0.2, 0.25) is 0 Å².